The van der Waals surface area contributed by atoms with E-state index in [0.29, 0.717) is 18.4 Å². The lowest BCUT2D eigenvalue weighted by Gasteiger charge is -2.24. The van der Waals surface area contributed by atoms with Gasteiger partial charge in [-0.15, -0.1) is 12.4 Å². The van der Waals surface area contributed by atoms with E-state index in [9.17, 15) is 26.4 Å². The zero-order valence-electron chi connectivity index (χ0n) is 33.2. The van der Waals surface area contributed by atoms with Crippen molar-refractivity contribution < 1.29 is 35.9 Å². The Bertz CT molecular complexity index is 1210. The van der Waals surface area contributed by atoms with E-state index in [1.54, 1.807) is 11.9 Å². The van der Waals surface area contributed by atoms with Crippen molar-refractivity contribution in [1.82, 2.24) is 19.8 Å². The molecule has 0 atom stereocenters. The molecule has 0 radical (unpaired) electrons. The number of nitrogens with one attached hydrogen (secondary N) is 2. The van der Waals surface area contributed by atoms with E-state index in [-0.39, 0.29) is 35.8 Å². The minimum atomic E-state index is -3.67. The largest absolute Gasteiger partial charge is 0.444 e. The van der Waals surface area contributed by atoms with Gasteiger partial charge in [-0.2, -0.15) is 21.1 Å². The van der Waals surface area contributed by atoms with Gasteiger partial charge in [0.2, 0.25) is 0 Å². The first-order valence-electron chi connectivity index (χ1n) is 18.0. The number of carbonyl (C=O) groups excluding carboxylic acids is 2. The Kier molecular flexibility index (Phi) is 25.1. The Balaban J connectivity index is 0. The lowest BCUT2D eigenvalue weighted by molar-refractivity contribution is 0.0290. The zero-order chi connectivity index (χ0) is 39.6. The van der Waals surface area contributed by atoms with Gasteiger partial charge in [0.05, 0.1) is 0 Å². The summed E-state index contributed by atoms with van der Waals surface area (Å²) < 4.78 is 51.1. The molecule has 5 rings (SSSR count). The van der Waals surface area contributed by atoms with Gasteiger partial charge in [0.15, 0.2) is 0 Å². The number of nitrogens with two attached hydrogens (primary N) is 4. The summed E-state index contributed by atoms with van der Waals surface area (Å²) in [7, 11) is -1.77. The lowest BCUT2D eigenvalue weighted by atomic mass is 10.2. The first-order valence-corrected chi connectivity index (χ1v) is 21.1. The van der Waals surface area contributed by atoms with Gasteiger partial charge in [-0.3, -0.25) is 0 Å². The maximum absolute atomic E-state index is 11.4. The van der Waals surface area contributed by atoms with Gasteiger partial charge >= 0.3 is 12.2 Å². The number of rotatable bonds is 10. The highest BCUT2D eigenvalue weighted by Crippen LogP contribution is 2.30. The molecular weight excluding hydrogens is 736 g/mol. The number of alkyl carbamates (subject to hydrolysis) is 1. The van der Waals surface area contributed by atoms with Gasteiger partial charge < -0.3 is 30.7 Å². The first-order chi connectivity index (χ1) is 23.2. The average Bonchev–Trinajstić information content (AvgIpc) is 3.77. The van der Waals surface area contributed by atoms with Crippen LogP contribution in [0.1, 0.15) is 106 Å². The topological polar surface area (TPSA) is 256 Å². The molecule has 16 nitrogen and oxygen atoms in total. The summed E-state index contributed by atoms with van der Waals surface area (Å²) in [4.78, 5) is 24.2. The Hall–Kier alpha value is -1.51. The van der Waals surface area contributed by atoms with E-state index in [4.69, 9.17) is 20.3 Å². The molecule has 0 aromatic rings. The molecule has 0 aromatic carbocycles. The Labute approximate surface area is 321 Å². The highest BCUT2D eigenvalue weighted by molar-refractivity contribution is 7.87. The number of hydrogen-bond donors (Lipinski definition) is 6. The Morgan fingerprint density at radius 1 is 0.673 bits per heavy atom. The highest BCUT2D eigenvalue weighted by Gasteiger charge is 2.28. The van der Waals surface area contributed by atoms with Crippen molar-refractivity contribution in [3.05, 3.63) is 0 Å². The lowest BCUT2D eigenvalue weighted by Crippen LogP contribution is -2.35. The normalized spacial score (nSPS) is 17.9. The number of halogens is 1. The van der Waals surface area contributed by atoms with Crippen LogP contribution in [0.2, 0.25) is 0 Å². The molecule has 5 aliphatic rings. The highest BCUT2D eigenvalue weighted by atomic mass is 35.5. The maximum atomic E-state index is 11.4. The third-order valence-electron chi connectivity index (χ3n) is 7.43. The molecule has 0 bridgehead atoms. The van der Waals surface area contributed by atoms with Gasteiger partial charge in [0.25, 0.3) is 20.4 Å². The summed E-state index contributed by atoms with van der Waals surface area (Å²) in [6.45, 7) is 15.6. The third-order valence-corrected chi connectivity index (χ3v) is 8.45. The van der Waals surface area contributed by atoms with Crippen molar-refractivity contribution in [3.8, 4) is 0 Å². The van der Waals surface area contributed by atoms with E-state index >= 15 is 0 Å². The van der Waals surface area contributed by atoms with Crippen molar-refractivity contribution in [1.29, 1.82) is 0 Å². The van der Waals surface area contributed by atoms with Crippen molar-refractivity contribution in [2.24, 2.45) is 50.7 Å². The summed E-state index contributed by atoms with van der Waals surface area (Å²) in [5, 5.41) is 18.9. The van der Waals surface area contributed by atoms with Crippen LogP contribution < -0.4 is 31.8 Å². The van der Waals surface area contributed by atoms with E-state index in [0.717, 1.165) is 50.2 Å². The van der Waals surface area contributed by atoms with Gasteiger partial charge in [-0.1, -0.05) is 0 Å². The van der Waals surface area contributed by atoms with E-state index in [1.807, 2.05) is 48.6 Å². The van der Waals surface area contributed by atoms with Crippen LogP contribution >= 0.6 is 12.4 Å². The number of carbonyl (C=O) groups is 2. The second kappa shape index (κ2) is 24.8. The van der Waals surface area contributed by atoms with Crippen LogP contribution in [0.25, 0.3) is 0 Å². The molecule has 5 fully saturated rings. The molecule has 19 heteroatoms. The predicted molar refractivity (Wildman–Crippen MR) is 210 cm³/mol. The van der Waals surface area contributed by atoms with Crippen LogP contribution in [0, 0.1) is 29.6 Å². The predicted octanol–water partition coefficient (Wildman–Crippen LogP) is 3.26. The monoisotopic (exact) mass is 808 g/mol. The minimum Gasteiger partial charge on any atom is -0.444 e. The number of nitrogens with zero attached hydrogens (tertiary/aromatic N) is 2. The molecule has 10 N–H and O–H groups in total. The summed E-state index contributed by atoms with van der Waals surface area (Å²) in [6, 6.07) is 0. The molecule has 0 spiro atoms. The van der Waals surface area contributed by atoms with Crippen LogP contribution in [0.4, 0.5) is 9.59 Å². The molecule has 5 saturated carbocycles. The van der Waals surface area contributed by atoms with E-state index in [2.05, 4.69) is 20.9 Å². The van der Waals surface area contributed by atoms with Crippen LogP contribution in [0.15, 0.2) is 0 Å². The van der Waals surface area contributed by atoms with Crippen LogP contribution in [0.3, 0.4) is 0 Å². The fraction of sp³-hybridized carbons (Fsp3) is 0.939. The first kappa shape index (κ1) is 52.6. The van der Waals surface area contributed by atoms with Gasteiger partial charge in [0.1, 0.15) is 11.2 Å². The standard InChI is InChI=1S/C10H19NO2.C9H17NO2.C5H12N2O2S.C5H11N.C4H9N.ClH.H4N2O2S/c1-10(2,3)13-9(12)11(4)7-8-5-6-8;1-9(2,3)12-8(11)10-6-7-4-5-7;1-7(10(6,8)9)4-5-2-3-5;1-6-4-5-2-3-5;5-3-4-1-2-4;;1-5(2,3)4/h8H,5-7H2,1-4H3;7H,4-6H2,1-3H3,(H,10,11);5H,2-4H2,1H3,(H2,6,8,9);5-6H,2-4H2,1H3;4H,1-3,5H2;1H;(H4,1,2,3,4). The number of ether oxygens (including phenoxy) is 2. The van der Waals surface area contributed by atoms with Crippen molar-refractivity contribution in [2.45, 2.75) is 117 Å². The molecule has 0 heterocycles. The zero-order valence-corrected chi connectivity index (χ0v) is 35.6. The molecule has 0 aromatic heterocycles. The van der Waals surface area contributed by atoms with Crippen molar-refractivity contribution in [3.63, 3.8) is 0 Å². The summed E-state index contributed by atoms with van der Waals surface area (Å²) >= 11 is 0. The fourth-order valence-corrected chi connectivity index (χ4v) is 4.12. The van der Waals surface area contributed by atoms with Gasteiger partial charge in [0, 0.05) is 33.7 Å². The molecule has 0 unspecified atom stereocenters. The van der Waals surface area contributed by atoms with Crippen molar-refractivity contribution >= 4 is 45.0 Å². The quantitative estimate of drug-likeness (QED) is 0.188. The second-order valence-electron chi connectivity index (χ2n) is 16.2. The second-order valence-corrected chi connectivity index (χ2v) is 19.0. The summed E-state index contributed by atoms with van der Waals surface area (Å²) in [6.07, 6.45) is 12.5. The van der Waals surface area contributed by atoms with Gasteiger partial charge in [-0.05, 0) is 155 Å². The molecule has 2 amide bonds. The van der Waals surface area contributed by atoms with Gasteiger partial charge in [-0.25, -0.2) is 25.0 Å². The molecule has 0 saturated heterocycles. The van der Waals surface area contributed by atoms with Crippen molar-refractivity contribution in [2.75, 3.05) is 53.9 Å². The molecular formula is C33H73ClN8O8S2. The maximum Gasteiger partial charge on any atom is 0.410 e. The van der Waals surface area contributed by atoms with E-state index in [1.165, 1.54) is 69.3 Å². The third kappa shape index (κ3) is 41.2. The van der Waals surface area contributed by atoms with E-state index < -0.39 is 20.4 Å². The molecule has 52 heavy (non-hydrogen) atoms. The Morgan fingerprint density at radius 3 is 1.31 bits per heavy atom. The summed E-state index contributed by atoms with van der Waals surface area (Å²) in [5.41, 5.74) is 4.47. The molecule has 0 aliphatic heterocycles. The fourth-order valence-electron chi connectivity index (χ4n) is 3.70. The summed E-state index contributed by atoms with van der Waals surface area (Å²) in [5.74, 6) is 3.93. The van der Waals surface area contributed by atoms with Crippen LogP contribution in [-0.4, -0.2) is 103 Å². The molecule has 5 aliphatic carbocycles. The Morgan fingerprint density at radius 2 is 1.04 bits per heavy atom. The average molecular weight is 810 g/mol. The number of amides is 2. The molecule has 312 valence electrons. The van der Waals surface area contributed by atoms with Crippen LogP contribution in [-0.2, 0) is 29.9 Å². The smallest absolute Gasteiger partial charge is 0.410 e. The van der Waals surface area contributed by atoms with Crippen LogP contribution in [0.5, 0.6) is 0 Å². The minimum absolute atomic E-state index is 0. The SMILES string of the molecule is CC(C)(C)OC(=O)NCC1CC1.CN(CC1CC1)C(=O)OC(C)(C)C.CN(CC1CC1)S(N)(=O)=O.CNCC1CC1.Cl.NCC1CC1.NS(N)(=O)=O. The number of hydrogen-bond acceptors (Lipinski definition) is 10.